The average molecular weight is 406 g/mol. The standard InChI is InChI=1S/C22H30O7/c1-7-11(2)19(24)27-15-10-21(5,26)14-9-8-12(3)16(14)18-17(15)22(6,20(25)28-18)29-13(4)23/h7-8,14-18,26H,9-10H2,1-6H3/b11-7-/t14-,15-,16+,17+,18-,21-,22-/m0/s1. The van der Waals surface area contributed by atoms with E-state index in [1.54, 1.807) is 26.8 Å². The molecule has 1 aliphatic heterocycles. The van der Waals surface area contributed by atoms with Crippen molar-refractivity contribution in [3.05, 3.63) is 23.3 Å². The van der Waals surface area contributed by atoms with Gasteiger partial charge in [-0.15, -0.1) is 0 Å². The van der Waals surface area contributed by atoms with Crippen LogP contribution in [0.3, 0.4) is 0 Å². The summed E-state index contributed by atoms with van der Waals surface area (Å²) in [6.45, 7) is 9.78. The van der Waals surface area contributed by atoms with Crippen LogP contribution in [-0.4, -0.2) is 46.4 Å². The van der Waals surface area contributed by atoms with Crippen LogP contribution in [0.1, 0.15) is 54.4 Å². The summed E-state index contributed by atoms with van der Waals surface area (Å²) in [4.78, 5) is 37.2. The van der Waals surface area contributed by atoms with Crippen molar-refractivity contribution in [1.29, 1.82) is 0 Å². The number of ether oxygens (including phenoxy) is 3. The number of fused-ring (bicyclic) bond motifs is 3. The lowest BCUT2D eigenvalue weighted by molar-refractivity contribution is -0.179. The van der Waals surface area contributed by atoms with E-state index in [0.29, 0.717) is 12.0 Å². The Morgan fingerprint density at radius 2 is 1.97 bits per heavy atom. The Labute approximate surface area is 171 Å². The molecule has 160 valence electrons. The highest BCUT2D eigenvalue weighted by Gasteiger charge is 2.67. The molecular weight excluding hydrogens is 376 g/mol. The largest absolute Gasteiger partial charge is 0.458 e. The summed E-state index contributed by atoms with van der Waals surface area (Å²) in [5.41, 5.74) is -1.32. The van der Waals surface area contributed by atoms with Gasteiger partial charge in [-0.3, -0.25) is 4.79 Å². The summed E-state index contributed by atoms with van der Waals surface area (Å²) in [6, 6.07) is 0. The summed E-state index contributed by atoms with van der Waals surface area (Å²) < 4.78 is 17.0. The Hall–Kier alpha value is -2.15. The molecule has 1 heterocycles. The Balaban J connectivity index is 2.10. The van der Waals surface area contributed by atoms with Gasteiger partial charge in [-0.2, -0.15) is 0 Å². The average Bonchev–Trinajstić information content (AvgIpc) is 3.08. The molecule has 7 heteroatoms. The Morgan fingerprint density at radius 3 is 2.55 bits per heavy atom. The zero-order valence-electron chi connectivity index (χ0n) is 17.9. The minimum Gasteiger partial charge on any atom is -0.458 e. The third-order valence-electron chi connectivity index (χ3n) is 6.83. The molecule has 29 heavy (non-hydrogen) atoms. The van der Waals surface area contributed by atoms with Crippen LogP contribution in [0.25, 0.3) is 0 Å². The normalized spacial score (nSPS) is 41.6. The molecule has 0 aromatic heterocycles. The Kier molecular flexibility index (Phi) is 5.41. The van der Waals surface area contributed by atoms with Crippen LogP contribution >= 0.6 is 0 Å². The van der Waals surface area contributed by atoms with Gasteiger partial charge in [-0.1, -0.05) is 17.7 Å². The van der Waals surface area contributed by atoms with E-state index in [1.165, 1.54) is 13.8 Å². The number of hydrogen-bond donors (Lipinski definition) is 1. The molecule has 1 saturated carbocycles. The molecule has 2 aliphatic carbocycles. The molecule has 0 aromatic rings. The summed E-state index contributed by atoms with van der Waals surface area (Å²) in [7, 11) is 0. The first-order chi connectivity index (χ1) is 13.4. The van der Waals surface area contributed by atoms with Crippen LogP contribution in [0.2, 0.25) is 0 Å². The first-order valence-electron chi connectivity index (χ1n) is 10.1. The molecule has 1 N–H and O–H groups in total. The van der Waals surface area contributed by atoms with Crippen molar-refractivity contribution in [2.45, 2.75) is 77.8 Å². The maximum Gasteiger partial charge on any atom is 0.351 e. The second-order valence-corrected chi connectivity index (χ2v) is 8.89. The van der Waals surface area contributed by atoms with E-state index in [1.807, 2.05) is 13.0 Å². The van der Waals surface area contributed by atoms with E-state index in [2.05, 4.69) is 0 Å². The lowest BCUT2D eigenvalue weighted by Gasteiger charge is -2.35. The van der Waals surface area contributed by atoms with Crippen molar-refractivity contribution in [2.75, 3.05) is 0 Å². The highest BCUT2D eigenvalue weighted by atomic mass is 16.6. The van der Waals surface area contributed by atoms with Crippen LogP contribution in [0.4, 0.5) is 0 Å². The van der Waals surface area contributed by atoms with Crippen LogP contribution in [0.5, 0.6) is 0 Å². The fourth-order valence-corrected chi connectivity index (χ4v) is 5.23. The van der Waals surface area contributed by atoms with E-state index in [4.69, 9.17) is 14.2 Å². The number of carbonyl (C=O) groups is 3. The zero-order chi connectivity index (χ0) is 21.7. The van der Waals surface area contributed by atoms with Crippen molar-refractivity contribution < 1.29 is 33.7 Å². The Morgan fingerprint density at radius 1 is 1.31 bits per heavy atom. The van der Waals surface area contributed by atoms with Gasteiger partial charge in [0.2, 0.25) is 5.60 Å². The molecule has 0 amide bonds. The lowest BCUT2D eigenvalue weighted by atomic mass is 9.75. The molecular formula is C22H30O7. The molecule has 3 aliphatic rings. The smallest absolute Gasteiger partial charge is 0.351 e. The zero-order valence-corrected chi connectivity index (χ0v) is 17.9. The number of esters is 3. The monoisotopic (exact) mass is 406 g/mol. The lowest BCUT2D eigenvalue weighted by Crippen LogP contribution is -2.50. The van der Waals surface area contributed by atoms with Crippen molar-refractivity contribution >= 4 is 17.9 Å². The van der Waals surface area contributed by atoms with Crippen LogP contribution in [0.15, 0.2) is 23.3 Å². The number of rotatable bonds is 3. The first-order valence-corrected chi connectivity index (χ1v) is 10.1. The van der Waals surface area contributed by atoms with Gasteiger partial charge in [-0.25, -0.2) is 9.59 Å². The minimum atomic E-state index is -1.60. The van der Waals surface area contributed by atoms with Crippen molar-refractivity contribution in [2.24, 2.45) is 17.8 Å². The Bertz CT molecular complexity index is 793. The number of aliphatic hydroxyl groups is 1. The SMILES string of the molecule is C/C=C(/C)C(=O)O[C@H]1C[C@](C)(O)[C@H]2CC=C(C)[C@H]2[C@@H]2OC(=O)[C@@](C)(OC(C)=O)[C@@H]21. The third kappa shape index (κ3) is 3.50. The molecule has 0 spiro atoms. The third-order valence-corrected chi connectivity index (χ3v) is 6.83. The van der Waals surface area contributed by atoms with E-state index in [0.717, 1.165) is 5.57 Å². The van der Waals surface area contributed by atoms with Crippen LogP contribution in [0, 0.1) is 17.8 Å². The molecule has 3 rings (SSSR count). The minimum absolute atomic E-state index is 0.118. The summed E-state index contributed by atoms with van der Waals surface area (Å²) >= 11 is 0. The van der Waals surface area contributed by atoms with Crippen molar-refractivity contribution in [1.82, 2.24) is 0 Å². The quantitative estimate of drug-likeness (QED) is 0.333. The number of allylic oxidation sites excluding steroid dienone is 2. The molecule has 0 bridgehead atoms. The number of carbonyl (C=O) groups excluding carboxylic acids is 3. The second kappa shape index (κ2) is 7.27. The van der Waals surface area contributed by atoms with E-state index in [9.17, 15) is 19.5 Å². The van der Waals surface area contributed by atoms with Gasteiger partial charge in [0.25, 0.3) is 0 Å². The number of hydrogen-bond acceptors (Lipinski definition) is 7. The molecule has 0 radical (unpaired) electrons. The molecule has 0 aromatic carbocycles. The van der Waals surface area contributed by atoms with E-state index in [-0.39, 0.29) is 18.3 Å². The highest BCUT2D eigenvalue weighted by molar-refractivity contribution is 5.88. The van der Waals surface area contributed by atoms with Gasteiger partial charge in [-0.05, 0) is 41.0 Å². The van der Waals surface area contributed by atoms with Gasteiger partial charge in [0.05, 0.1) is 11.5 Å². The molecule has 2 fully saturated rings. The van der Waals surface area contributed by atoms with Gasteiger partial charge >= 0.3 is 17.9 Å². The maximum absolute atomic E-state index is 12.9. The van der Waals surface area contributed by atoms with Gasteiger partial charge in [0.1, 0.15) is 12.2 Å². The highest BCUT2D eigenvalue weighted by Crippen LogP contribution is 2.54. The van der Waals surface area contributed by atoms with Gasteiger partial charge in [0.15, 0.2) is 0 Å². The fraction of sp³-hybridized carbons (Fsp3) is 0.682. The van der Waals surface area contributed by atoms with Gasteiger partial charge < -0.3 is 19.3 Å². The summed E-state index contributed by atoms with van der Waals surface area (Å²) in [5, 5.41) is 11.3. The fourth-order valence-electron chi connectivity index (χ4n) is 5.23. The second-order valence-electron chi connectivity index (χ2n) is 8.89. The maximum atomic E-state index is 12.9. The van der Waals surface area contributed by atoms with Gasteiger partial charge in [0, 0.05) is 30.8 Å². The topological polar surface area (TPSA) is 99.1 Å². The molecule has 1 saturated heterocycles. The van der Waals surface area contributed by atoms with Crippen LogP contribution < -0.4 is 0 Å². The molecule has 7 nitrogen and oxygen atoms in total. The predicted molar refractivity (Wildman–Crippen MR) is 103 cm³/mol. The van der Waals surface area contributed by atoms with Crippen LogP contribution in [-0.2, 0) is 28.6 Å². The first kappa shape index (κ1) is 21.6. The molecule has 7 atom stereocenters. The van der Waals surface area contributed by atoms with E-state index < -0.39 is 47.2 Å². The van der Waals surface area contributed by atoms with E-state index >= 15 is 0 Å². The van der Waals surface area contributed by atoms with Crippen molar-refractivity contribution in [3.63, 3.8) is 0 Å². The predicted octanol–water partition coefficient (Wildman–Crippen LogP) is 2.46. The summed E-state index contributed by atoms with van der Waals surface area (Å²) in [5.74, 6) is -2.94. The van der Waals surface area contributed by atoms with Crippen molar-refractivity contribution in [3.8, 4) is 0 Å². The molecule has 0 unspecified atom stereocenters. The summed E-state index contributed by atoms with van der Waals surface area (Å²) in [6.07, 6.45) is 2.93.